The molecule has 0 fully saturated rings. The summed E-state index contributed by atoms with van der Waals surface area (Å²) >= 11 is 6.34. The zero-order chi connectivity index (χ0) is 19.2. The molecule has 1 aliphatic heterocycles. The van der Waals surface area contributed by atoms with Crippen LogP contribution >= 0.6 is 11.6 Å². The summed E-state index contributed by atoms with van der Waals surface area (Å²) < 4.78 is 50.3. The molecule has 0 bridgehead atoms. The monoisotopic (exact) mass is 376 g/mol. The van der Waals surface area contributed by atoms with E-state index in [0.29, 0.717) is 21.7 Å². The van der Waals surface area contributed by atoms with E-state index in [9.17, 15) is 18.0 Å². The van der Waals surface area contributed by atoms with Crippen molar-refractivity contribution < 1.29 is 27.4 Å². The van der Waals surface area contributed by atoms with Crippen LogP contribution in [0.2, 0.25) is 5.02 Å². The van der Waals surface area contributed by atoms with Crippen LogP contribution in [0, 0.1) is 6.92 Å². The Balaban J connectivity index is 2.68. The van der Waals surface area contributed by atoms with Crippen LogP contribution in [0.15, 0.2) is 11.6 Å². The van der Waals surface area contributed by atoms with Gasteiger partial charge in [0.25, 0.3) is 0 Å². The Morgan fingerprint density at radius 2 is 1.92 bits per heavy atom. The average molecular weight is 377 g/mol. The summed E-state index contributed by atoms with van der Waals surface area (Å²) in [7, 11) is 0. The van der Waals surface area contributed by atoms with Gasteiger partial charge in [0.1, 0.15) is 5.75 Å². The minimum atomic E-state index is -4.75. The van der Waals surface area contributed by atoms with Crippen LogP contribution in [0.1, 0.15) is 44.4 Å². The van der Waals surface area contributed by atoms with E-state index in [1.807, 2.05) is 20.8 Å². The van der Waals surface area contributed by atoms with Gasteiger partial charge in [-0.15, -0.1) is 0 Å². The van der Waals surface area contributed by atoms with Crippen LogP contribution in [-0.2, 0) is 14.9 Å². The number of hydrogen-bond donors (Lipinski definition) is 0. The van der Waals surface area contributed by atoms with E-state index < -0.39 is 23.8 Å². The third kappa shape index (κ3) is 3.78. The van der Waals surface area contributed by atoms with Crippen LogP contribution in [0.3, 0.4) is 0 Å². The fourth-order valence-corrected chi connectivity index (χ4v) is 3.56. The van der Waals surface area contributed by atoms with Crippen LogP contribution in [0.5, 0.6) is 5.75 Å². The minimum absolute atomic E-state index is 0.0314. The summed E-state index contributed by atoms with van der Waals surface area (Å²) in [6.07, 6.45) is -5.96. The molecule has 7 heteroatoms. The topological polar surface area (TPSA) is 35.5 Å². The van der Waals surface area contributed by atoms with Crippen molar-refractivity contribution in [1.82, 2.24) is 0 Å². The lowest BCUT2D eigenvalue weighted by atomic mass is 9.82. The molecule has 0 spiro atoms. The Labute approximate surface area is 149 Å². The van der Waals surface area contributed by atoms with Gasteiger partial charge in [0.05, 0.1) is 12.2 Å². The first-order valence-electron chi connectivity index (χ1n) is 7.83. The van der Waals surface area contributed by atoms with Gasteiger partial charge in [-0.2, -0.15) is 13.2 Å². The first-order valence-corrected chi connectivity index (χ1v) is 8.21. The van der Waals surface area contributed by atoms with E-state index in [4.69, 9.17) is 21.1 Å². The maximum absolute atomic E-state index is 13.4. The Hall–Kier alpha value is -1.69. The highest BCUT2D eigenvalue weighted by Crippen LogP contribution is 2.45. The van der Waals surface area contributed by atoms with Gasteiger partial charge in [-0.25, -0.2) is 4.79 Å². The molecule has 1 aromatic rings. The molecule has 0 saturated heterocycles. The average Bonchev–Trinajstić information content (AvgIpc) is 2.43. The van der Waals surface area contributed by atoms with Crippen molar-refractivity contribution in [3.8, 4) is 5.75 Å². The largest absolute Gasteiger partial charge is 0.475 e. The molecule has 0 aliphatic carbocycles. The first-order chi connectivity index (χ1) is 11.4. The second kappa shape index (κ2) is 6.56. The predicted molar refractivity (Wildman–Crippen MR) is 90.0 cm³/mol. The van der Waals surface area contributed by atoms with Crippen LogP contribution in [-0.4, -0.2) is 24.9 Å². The van der Waals surface area contributed by atoms with Crippen molar-refractivity contribution in [3.63, 3.8) is 0 Å². The number of hydrogen-bond acceptors (Lipinski definition) is 3. The number of alkyl halides is 3. The third-order valence-electron chi connectivity index (χ3n) is 3.89. The van der Waals surface area contributed by atoms with Crippen molar-refractivity contribution in [3.05, 3.63) is 33.4 Å². The molecular weight excluding hydrogens is 357 g/mol. The van der Waals surface area contributed by atoms with Gasteiger partial charge < -0.3 is 9.47 Å². The van der Waals surface area contributed by atoms with E-state index in [-0.39, 0.29) is 17.8 Å². The number of rotatable bonds is 2. The van der Waals surface area contributed by atoms with Gasteiger partial charge in [-0.05, 0) is 42.5 Å². The Morgan fingerprint density at radius 3 is 2.40 bits per heavy atom. The van der Waals surface area contributed by atoms with E-state index in [1.165, 1.54) is 13.0 Å². The molecular formula is C18H20ClF3O3. The molecule has 0 amide bonds. The van der Waals surface area contributed by atoms with Crippen LogP contribution in [0.25, 0.3) is 6.08 Å². The molecule has 138 valence electrons. The molecule has 1 aromatic carbocycles. The van der Waals surface area contributed by atoms with Gasteiger partial charge in [0, 0.05) is 10.6 Å². The van der Waals surface area contributed by atoms with Gasteiger partial charge in [-0.1, -0.05) is 32.4 Å². The smallest absolute Gasteiger partial charge is 0.430 e. The molecule has 0 saturated carbocycles. The maximum Gasteiger partial charge on any atom is 0.430 e. The van der Waals surface area contributed by atoms with Gasteiger partial charge in [0.2, 0.25) is 6.10 Å². The molecule has 3 nitrogen and oxygen atoms in total. The van der Waals surface area contributed by atoms with E-state index in [2.05, 4.69) is 0 Å². The standard InChI is InChI=1S/C18H20ClF3O3/c1-6-24-16(23)11-7-10-8-12(19)13(17(3,4)5)9(2)14(10)25-15(11)18(20,21)22/h7-8,15H,6H2,1-5H3. The maximum atomic E-state index is 13.4. The summed E-state index contributed by atoms with van der Waals surface area (Å²) in [5.74, 6) is -0.964. The zero-order valence-corrected chi connectivity index (χ0v) is 15.4. The molecule has 25 heavy (non-hydrogen) atoms. The Bertz CT molecular complexity index is 731. The van der Waals surface area contributed by atoms with E-state index >= 15 is 0 Å². The van der Waals surface area contributed by atoms with Crippen molar-refractivity contribution >= 4 is 23.6 Å². The number of carbonyl (C=O) groups is 1. The second-order valence-corrected chi connectivity index (χ2v) is 7.29. The highest BCUT2D eigenvalue weighted by atomic mass is 35.5. The molecule has 0 N–H and O–H groups in total. The van der Waals surface area contributed by atoms with Gasteiger partial charge >= 0.3 is 12.1 Å². The molecule has 2 rings (SSSR count). The first kappa shape index (κ1) is 19.6. The van der Waals surface area contributed by atoms with E-state index in [1.54, 1.807) is 6.92 Å². The number of halogens is 4. The number of ether oxygens (including phenoxy) is 2. The lowest BCUT2D eigenvalue weighted by Gasteiger charge is -2.32. The SMILES string of the molecule is CCOC(=O)C1=Cc2cc(Cl)c(C(C)(C)C)c(C)c2OC1C(F)(F)F. The quantitative estimate of drug-likeness (QED) is 0.664. The molecule has 1 aliphatic rings. The molecule has 1 atom stereocenters. The van der Waals surface area contributed by atoms with Crippen molar-refractivity contribution in [2.24, 2.45) is 0 Å². The lowest BCUT2D eigenvalue weighted by molar-refractivity contribution is -0.188. The summed E-state index contributed by atoms with van der Waals surface area (Å²) in [4.78, 5) is 12.0. The summed E-state index contributed by atoms with van der Waals surface area (Å²) in [6, 6.07) is 1.52. The summed E-state index contributed by atoms with van der Waals surface area (Å²) in [5, 5.41) is 0.414. The minimum Gasteiger partial charge on any atom is -0.475 e. The van der Waals surface area contributed by atoms with E-state index in [0.717, 1.165) is 6.08 Å². The lowest BCUT2D eigenvalue weighted by Crippen LogP contribution is -2.41. The normalized spacial score (nSPS) is 17.5. The number of benzene rings is 1. The van der Waals surface area contributed by atoms with Crippen LogP contribution < -0.4 is 4.74 Å². The van der Waals surface area contributed by atoms with Crippen molar-refractivity contribution in [1.29, 1.82) is 0 Å². The predicted octanol–water partition coefficient (Wildman–Crippen LogP) is 5.22. The Kier molecular flexibility index (Phi) is 5.15. The number of esters is 1. The third-order valence-corrected chi connectivity index (χ3v) is 4.18. The summed E-state index contributed by atoms with van der Waals surface area (Å²) in [5.41, 5.74) is 0.614. The zero-order valence-electron chi connectivity index (χ0n) is 14.7. The highest BCUT2D eigenvalue weighted by Gasteiger charge is 2.49. The van der Waals surface area contributed by atoms with Gasteiger partial charge in [-0.3, -0.25) is 0 Å². The van der Waals surface area contributed by atoms with Gasteiger partial charge in [0.15, 0.2) is 0 Å². The summed E-state index contributed by atoms with van der Waals surface area (Å²) in [6.45, 7) is 8.90. The number of carbonyl (C=O) groups excluding carboxylic acids is 1. The molecule has 0 radical (unpaired) electrons. The van der Waals surface area contributed by atoms with Crippen LogP contribution in [0.4, 0.5) is 13.2 Å². The second-order valence-electron chi connectivity index (χ2n) is 6.89. The molecule has 1 heterocycles. The Morgan fingerprint density at radius 1 is 1.32 bits per heavy atom. The fraction of sp³-hybridized carbons (Fsp3) is 0.500. The molecule has 1 unspecified atom stereocenters. The van der Waals surface area contributed by atoms with Crippen molar-refractivity contribution in [2.75, 3.05) is 6.61 Å². The number of fused-ring (bicyclic) bond motifs is 1. The van der Waals surface area contributed by atoms with Crippen molar-refractivity contribution in [2.45, 2.75) is 52.3 Å². The highest BCUT2D eigenvalue weighted by molar-refractivity contribution is 6.32. The fourth-order valence-electron chi connectivity index (χ4n) is 3.02. The molecule has 0 aromatic heterocycles.